The molecule has 1 unspecified atom stereocenters. The molecule has 0 aromatic rings. The molecule has 17 heavy (non-hydrogen) atoms. The van der Waals surface area contributed by atoms with Crippen molar-refractivity contribution in [1.82, 2.24) is 10.2 Å². The van der Waals surface area contributed by atoms with Gasteiger partial charge in [0.2, 0.25) is 0 Å². The monoisotopic (exact) mass is 240 g/mol. The third-order valence-electron chi connectivity index (χ3n) is 4.60. The number of hydrogen-bond donors (Lipinski definition) is 1. The average Bonchev–Trinajstić information content (AvgIpc) is 2.74. The maximum Gasteiger partial charge on any atom is 0.0471 e. The topological polar surface area (TPSA) is 24.5 Å². The van der Waals surface area contributed by atoms with Gasteiger partial charge in [-0.2, -0.15) is 0 Å². The zero-order valence-electron chi connectivity index (χ0n) is 11.5. The number of likely N-dealkylation sites (N-methyl/N-ethyl adjacent to an activating group) is 1. The van der Waals surface area contributed by atoms with E-state index in [2.05, 4.69) is 24.2 Å². The Balaban J connectivity index is 1.90. The summed E-state index contributed by atoms with van der Waals surface area (Å²) in [5.41, 5.74) is 0.595. The van der Waals surface area contributed by atoms with Crippen molar-refractivity contribution < 1.29 is 4.74 Å². The van der Waals surface area contributed by atoms with Gasteiger partial charge in [-0.15, -0.1) is 0 Å². The molecule has 2 aliphatic rings. The minimum absolute atomic E-state index is 0.595. The normalized spacial score (nSPS) is 26.5. The lowest BCUT2D eigenvalue weighted by atomic mass is 9.79. The fourth-order valence-corrected chi connectivity index (χ4v) is 3.48. The maximum atomic E-state index is 5.52. The molecule has 0 aliphatic carbocycles. The second-order valence-electron chi connectivity index (χ2n) is 5.83. The van der Waals surface area contributed by atoms with E-state index in [9.17, 15) is 0 Å². The van der Waals surface area contributed by atoms with Gasteiger partial charge in [0.05, 0.1) is 0 Å². The second-order valence-corrected chi connectivity index (χ2v) is 5.83. The molecule has 1 atom stereocenters. The molecule has 2 heterocycles. The van der Waals surface area contributed by atoms with E-state index in [4.69, 9.17) is 4.74 Å². The van der Waals surface area contributed by atoms with Crippen molar-refractivity contribution in [2.75, 3.05) is 39.9 Å². The van der Waals surface area contributed by atoms with Crippen molar-refractivity contribution in [2.24, 2.45) is 5.41 Å². The minimum atomic E-state index is 0.595. The highest BCUT2D eigenvalue weighted by atomic mass is 16.5. The maximum absolute atomic E-state index is 5.52. The van der Waals surface area contributed by atoms with E-state index in [0.717, 1.165) is 25.8 Å². The van der Waals surface area contributed by atoms with E-state index in [1.54, 1.807) is 0 Å². The Morgan fingerprint density at radius 2 is 2.06 bits per heavy atom. The smallest absolute Gasteiger partial charge is 0.0471 e. The number of nitrogens with zero attached hydrogens (tertiary/aromatic N) is 1. The van der Waals surface area contributed by atoms with Crippen molar-refractivity contribution in [3.63, 3.8) is 0 Å². The van der Waals surface area contributed by atoms with Crippen molar-refractivity contribution >= 4 is 0 Å². The Labute approximate surface area is 106 Å². The number of likely N-dealkylation sites (tertiary alicyclic amines) is 1. The van der Waals surface area contributed by atoms with Gasteiger partial charge in [-0.3, -0.25) is 4.90 Å². The van der Waals surface area contributed by atoms with Gasteiger partial charge in [-0.1, -0.05) is 13.3 Å². The van der Waals surface area contributed by atoms with E-state index in [1.165, 1.54) is 45.2 Å². The van der Waals surface area contributed by atoms with Crippen LogP contribution < -0.4 is 5.32 Å². The van der Waals surface area contributed by atoms with Crippen LogP contribution in [-0.2, 0) is 4.74 Å². The first-order valence-electron chi connectivity index (χ1n) is 7.26. The summed E-state index contributed by atoms with van der Waals surface area (Å²) in [7, 11) is 2.07. The van der Waals surface area contributed by atoms with Gasteiger partial charge in [-0.05, 0) is 44.7 Å². The lowest BCUT2D eigenvalue weighted by molar-refractivity contribution is 0.0169. The summed E-state index contributed by atoms with van der Waals surface area (Å²) in [6.45, 7) is 8.01. The third-order valence-corrected chi connectivity index (χ3v) is 4.60. The van der Waals surface area contributed by atoms with E-state index < -0.39 is 0 Å². The van der Waals surface area contributed by atoms with Gasteiger partial charge >= 0.3 is 0 Å². The van der Waals surface area contributed by atoms with Crippen LogP contribution in [0.2, 0.25) is 0 Å². The summed E-state index contributed by atoms with van der Waals surface area (Å²) in [5.74, 6) is 0. The van der Waals surface area contributed by atoms with Crippen LogP contribution in [0.4, 0.5) is 0 Å². The van der Waals surface area contributed by atoms with E-state index in [-0.39, 0.29) is 0 Å². The van der Waals surface area contributed by atoms with Crippen molar-refractivity contribution in [3.8, 4) is 0 Å². The van der Waals surface area contributed by atoms with Crippen LogP contribution in [-0.4, -0.2) is 50.8 Å². The number of nitrogens with one attached hydrogen (secondary N) is 1. The lowest BCUT2D eigenvalue weighted by Crippen LogP contribution is -2.42. The molecular weight excluding hydrogens is 212 g/mol. The molecule has 2 saturated heterocycles. The highest BCUT2D eigenvalue weighted by Gasteiger charge is 2.40. The Kier molecular flexibility index (Phi) is 4.83. The molecule has 2 aliphatic heterocycles. The molecule has 2 rings (SSSR count). The predicted molar refractivity (Wildman–Crippen MR) is 71.3 cm³/mol. The lowest BCUT2D eigenvalue weighted by Gasteiger charge is -2.35. The van der Waals surface area contributed by atoms with Gasteiger partial charge in [-0.25, -0.2) is 0 Å². The molecule has 2 fully saturated rings. The van der Waals surface area contributed by atoms with Gasteiger partial charge in [0.1, 0.15) is 0 Å². The third kappa shape index (κ3) is 3.21. The van der Waals surface area contributed by atoms with Crippen LogP contribution in [0.1, 0.15) is 39.0 Å². The minimum Gasteiger partial charge on any atom is -0.381 e. The van der Waals surface area contributed by atoms with Crippen LogP contribution in [0.5, 0.6) is 0 Å². The molecule has 3 nitrogen and oxygen atoms in total. The van der Waals surface area contributed by atoms with Gasteiger partial charge < -0.3 is 10.1 Å². The first-order valence-corrected chi connectivity index (χ1v) is 7.26. The van der Waals surface area contributed by atoms with Gasteiger partial charge in [0.25, 0.3) is 0 Å². The molecule has 1 spiro atoms. The summed E-state index contributed by atoms with van der Waals surface area (Å²) in [6, 6.07) is 0.743. The molecule has 0 radical (unpaired) electrons. The van der Waals surface area contributed by atoms with E-state index in [1.807, 2.05) is 0 Å². The predicted octanol–water partition coefficient (Wildman–Crippen LogP) is 1.88. The van der Waals surface area contributed by atoms with Crippen molar-refractivity contribution in [3.05, 3.63) is 0 Å². The van der Waals surface area contributed by atoms with Crippen LogP contribution in [0.3, 0.4) is 0 Å². The summed E-state index contributed by atoms with van der Waals surface area (Å²) >= 11 is 0. The largest absolute Gasteiger partial charge is 0.381 e. The molecule has 1 N–H and O–H groups in total. The van der Waals surface area contributed by atoms with Crippen LogP contribution in [0.25, 0.3) is 0 Å². The Hall–Kier alpha value is -0.120. The SMILES string of the molecule is CCCC(CNC)N1CCC2(CCOCC2)C1. The summed E-state index contributed by atoms with van der Waals surface area (Å²) in [6.07, 6.45) is 6.57. The molecule has 0 aromatic carbocycles. The van der Waals surface area contributed by atoms with Gasteiger partial charge in [0.15, 0.2) is 0 Å². The van der Waals surface area contributed by atoms with Crippen molar-refractivity contribution in [1.29, 1.82) is 0 Å². The first-order chi connectivity index (χ1) is 8.29. The second kappa shape index (κ2) is 6.17. The van der Waals surface area contributed by atoms with E-state index in [0.29, 0.717) is 5.41 Å². The Morgan fingerprint density at radius 3 is 2.71 bits per heavy atom. The molecule has 100 valence electrons. The van der Waals surface area contributed by atoms with E-state index >= 15 is 0 Å². The van der Waals surface area contributed by atoms with Gasteiger partial charge in [0, 0.05) is 32.3 Å². The van der Waals surface area contributed by atoms with Crippen LogP contribution in [0, 0.1) is 5.41 Å². The molecule has 3 heteroatoms. The average molecular weight is 240 g/mol. The fraction of sp³-hybridized carbons (Fsp3) is 1.00. The number of hydrogen-bond acceptors (Lipinski definition) is 3. The van der Waals surface area contributed by atoms with Crippen LogP contribution >= 0.6 is 0 Å². The zero-order valence-corrected chi connectivity index (χ0v) is 11.5. The number of ether oxygens (including phenoxy) is 1. The fourth-order valence-electron chi connectivity index (χ4n) is 3.48. The Bertz CT molecular complexity index is 220. The molecular formula is C14H28N2O. The molecule has 0 bridgehead atoms. The highest BCUT2D eigenvalue weighted by molar-refractivity contribution is 4.93. The summed E-state index contributed by atoms with van der Waals surface area (Å²) < 4.78 is 5.52. The molecule has 0 saturated carbocycles. The highest BCUT2D eigenvalue weighted by Crippen LogP contribution is 2.40. The van der Waals surface area contributed by atoms with Crippen molar-refractivity contribution in [2.45, 2.75) is 45.1 Å². The summed E-state index contributed by atoms with van der Waals surface area (Å²) in [4.78, 5) is 2.73. The molecule has 0 aromatic heterocycles. The standard InChI is InChI=1S/C14H28N2O/c1-3-4-13(11-15-2)16-8-5-14(12-16)6-9-17-10-7-14/h13,15H,3-12H2,1-2H3. The summed E-state index contributed by atoms with van der Waals surface area (Å²) in [5, 5.41) is 3.35. The zero-order chi connectivity index (χ0) is 12.1. The first kappa shape index (κ1) is 13.3. The molecule has 0 amide bonds. The number of rotatable bonds is 5. The van der Waals surface area contributed by atoms with Crippen LogP contribution in [0.15, 0.2) is 0 Å². The Morgan fingerprint density at radius 1 is 1.29 bits per heavy atom. The quantitative estimate of drug-likeness (QED) is 0.794.